The molecule has 23 heavy (non-hydrogen) atoms. The van der Waals surface area contributed by atoms with E-state index in [2.05, 4.69) is 5.32 Å². The molecule has 0 fully saturated rings. The molecular formula is C18H18N2O3. The van der Waals surface area contributed by atoms with Gasteiger partial charge < -0.3 is 19.4 Å². The van der Waals surface area contributed by atoms with E-state index in [1.165, 1.54) is 12.3 Å². The number of amides is 1. The van der Waals surface area contributed by atoms with Crippen molar-refractivity contribution in [1.29, 1.82) is 0 Å². The minimum Gasteiger partial charge on any atom is -0.467 e. The van der Waals surface area contributed by atoms with Gasteiger partial charge in [-0.25, -0.2) is 0 Å². The second kappa shape index (κ2) is 6.54. The molecule has 1 atom stereocenters. The fraction of sp³-hybridized carbons (Fsp3) is 0.167. The van der Waals surface area contributed by atoms with Gasteiger partial charge in [0.2, 0.25) is 5.91 Å². The Balaban J connectivity index is 1.64. The van der Waals surface area contributed by atoms with Gasteiger partial charge in [0.05, 0.1) is 12.8 Å². The molecule has 0 spiro atoms. The number of aromatic nitrogens is 1. The zero-order valence-corrected chi connectivity index (χ0v) is 12.8. The summed E-state index contributed by atoms with van der Waals surface area (Å²) in [5, 5.41) is 13.6. The molecule has 118 valence electrons. The summed E-state index contributed by atoms with van der Waals surface area (Å²) in [5.74, 6) is 0.173. The van der Waals surface area contributed by atoms with Crippen molar-refractivity contribution in [3.63, 3.8) is 0 Å². The number of carbonyl (C=O) groups excluding carboxylic acids is 1. The van der Waals surface area contributed by atoms with Crippen molar-refractivity contribution < 1.29 is 14.3 Å². The number of fused-ring (bicyclic) bond motifs is 1. The topological polar surface area (TPSA) is 67.4 Å². The molecule has 1 unspecified atom stereocenters. The molecular weight excluding hydrogens is 292 g/mol. The van der Waals surface area contributed by atoms with Crippen LogP contribution in [0.25, 0.3) is 17.0 Å². The van der Waals surface area contributed by atoms with E-state index in [-0.39, 0.29) is 12.5 Å². The van der Waals surface area contributed by atoms with Crippen molar-refractivity contribution >= 4 is 22.9 Å². The zero-order valence-electron chi connectivity index (χ0n) is 12.8. The predicted octanol–water partition coefficient (Wildman–Crippen LogP) is 2.63. The van der Waals surface area contributed by atoms with E-state index in [4.69, 9.17) is 4.42 Å². The van der Waals surface area contributed by atoms with Crippen LogP contribution in [0.15, 0.2) is 59.4 Å². The van der Waals surface area contributed by atoms with Gasteiger partial charge in [0.25, 0.3) is 0 Å². The first-order valence-electron chi connectivity index (χ1n) is 7.36. The number of aliphatic hydroxyl groups excluding tert-OH is 1. The normalized spacial score (nSPS) is 12.8. The molecule has 0 saturated carbocycles. The first-order chi connectivity index (χ1) is 11.1. The second-order valence-electron chi connectivity index (χ2n) is 5.32. The Kier molecular flexibility index (Phi) is 4.30. The number of para-hydroxylation sites is 1. The molecule has 1 amide bonds. The highest BCUT2D eigenvalue weighted by molar-refractivity contribution is 5.96. The number of benzene rings is 1. The molecule has 0 saturated heterocycles. The Hall–Kier alpha value is -2.79. The van der Waals surface area contributed by atoms with E-state index in [1.54, 1.807) is 18.2 Å². The molecule has 0 aliphatic carbocycles. The van der Waals surface area contributed by atoms with Crippen molar-refractivity contribution in [1.82, 2.24) is 9.88 Å². The number of furan rings is 1. The van der Waals surface area contributed by atoms with Crippen LogP contribution in [0.2, 0.25) is 0 Å². The molecule has 0 aliphatic heterocycles. The molecule has 5 nitrogen and oxygen atoms in total. The minimum absolute atomic E-state index is 0.103. The number of aryl methyl sites for hydroxylation is 1. The smallest absolute Gasteiger partial charge is 0.244 e. The number of aliphatic hydroxyl groups is 1. The summed E-state index contributed by atoms with van der Waals surface area (Å²) in [6.45, 7) is 0.103. The summed E-state index contributed by atoms with van der Waals surface area (Å²) >= 11 is 0. The average Bonchev–Trinajstić information content (AvgIpc) is 3.20. The second-order valence-corrected chi connectivity index (χ2v) is 5.32. The van der Waals surface area contributed by atoms with E-state index in [0.29, 0.717) is 5.76 Å². The highest BCUT2D eigenvalue weighted by Gasteiger charge is 2.10. The molecule has 0 aliphatic rings. The Labute approximate surface area is 133 Å². The van der Waals surface area contributed by atoms with Gasteiger partial charge in [-0.15, -0.1) is 0 Å². The Morgan fingerprint density at radius 1 is 1.35 bits per heavy atom. The molecule has 0 bridgehead atoms. The third-order valence-corrected chi connectivity index (χ3v) is 3.68. The van der Waals surface area contributed by atoms with Gasteiger partial charge in [-0.2, -0.15) is 0 Å². The van der Waals surface area contributed by atoms with E-state index in [0.717, 1.165) is 16.5 Å². The van der Waals surface area contributed by atoms with Crippen LogP contribution >= 0.6 is 0 Å². The number of hydrogen-bond acceptors (Lipinski definition) is 3. The Morgan fingerprint density at radius 2 is 2.17 bits per heavy atom. The van der Waals surface area contributed by atoms with Crippen LogP contribution in [0.3, 0.4) is 0 Å². The van der Waals surface area contributed by atoms with Crippen molar-refractivity contribution in [3.05, 3.63) is 66.3 Å². The lowest BCUT2D eigenvalue weighted by Gasteiger charge is -2.07. The van der Waals surface area contributed by atoms with Gasteiger partial charge in [-0.05, 0) is 24.3 Å². The lowest BCUT2D eigenvalue weighted by Crippen LogP contribution is -2.26. The van der Waals surface area contributed by atoms with Crippen LogP contribution in [-0.2, 0) is 11.8 Å². The number of nitrogens with zero attached hydrogens (tertiary/aromatic N) is 1. The van der Waals surface area contributed by atoms with E-state index in [1.807, 2.05) is 42.1 Å². The monoisotopic (exact) mass is 310 g/mol. The summed E-state index contributed by atoms with van der Waals surface area (Å²) in [6, 6.07) is 11.4. The van der Waals surface area contributed by atoms with E-state index < -0.39 is 6.10 Å². The SMILES string of the molecule is Cn1cc(/C=C/C(=O)NCC(O)c2ccco2)c2ccccc21. The van der Waals surface area contributed by atoms with Crippen molar-refractivity contribution in [2.45, 2.75) is 6.10 Å². The predicted molar refractivity (Wildman–Crippen MR) is 88.6 cm³/mol. The summed E-state index contributed by atoms with van der Waals surface area (Å²) in [5.41, 5.74) is 2.09. The van der Waals surface area contributed by atoms with Crippen LogP contribution in [0, 0.1) is 0 Å². The zero-order chi connectivity index (χ0) is 16.2. The highest BCUT2D eigenvalue weighted by atomic mass is 16.4. The number of carbonyl (C=O) groups is 1. The summed E-state index contributed by atoms with van der Waals surface area (Å²) in [7, 11) is 1.97. The van der Waals surface area contributed by atoms with Crippen LogP contribution in [0.5, 0.6) is 0 Å². The van der Waals surface area contributed by atoms with Crippen LogP contribution in [0.4, 0.5) is 0 Å². The average molecular weight is 310 g/mol. The lowest BCUT2D eigenvalue weighted by atomic mass is 10.1. The first-order valence-corrected chi connectivity index (χ1v) is 7.36. The van der Waals surface area contributed by atoms with E-state index in [9.17, 15) is 9.90 Å². The molecule has 0 radical (unpaired) electrons. The first kappa shape index (κ1) is 15.1. The van der Waals surface area contributed by atoms with Crippen LogP contribution in [-0.4, -0.2) is 22.1 Å². The largest absolute Gasteiger partial charge is 0.467 e. The highest BCUT2D eigenvalue weighted by Crippen LogP contribution is 2.21. The third-order valence-electron chi connectivity index (χ3n) is 3.68. The maximum atomic E-state index is 11.9. The molecule has 2 heterocycles. The van der Waals surface area contributed by atoms with Gasteiger partial charge in [-0.1, -0.05) is 18.2 Å². The fourth-order valence-electron chi connectivity index (χ4n) is 2.51. The molecule has 2 N–H and O–H groups in total. The summed E-state index contributed by atoms with van der Waals surface area (Å²) in [4.78, 5) is 11.9. The number of nitrogens with one attached hydrogen (secondary N) is 1. The van der Waals surface area contributed by atoms with Gasteiger partial charge >= 0.3 is 0 Å². The van der Waals surface area contributed by atoms with Crippen LogP contribution in [0.1, 0.15) is 17.4 Å². The maximum absolute atomic E-state index is 11.9. The molecule has 1 aromatic carbocycles. The maximum Gasteiger partial charge on any atom is 0.244 e. The third kappa shape index (κ3) is 3.35. The van der Waals surface area contributed by atoms with Gasteiger partial charge in [0, 0.05) is 35.8 Å². The van der Waals surface area contributed by atoms with Crippen molar-refractivity contribution in [3.8, 4) is 0 Å². The summed E-state index contributed by atoms with van der Waals surface area (Å²) < 4.78 is 7.11. The number of hydrogen-bond donors (Lipinski definition) is 2. The lowest BCUT2D eigenvalue weighted by molar-refractivity contribution is -0.116. The molecule has 3 rings (SSSR count). The fourth-order valence-corrected chi connectivity index (χ4v) is 2.51. The Bertz CT molecular complexity index is 831. The summed E-state index contributed by atoms with van der Waals surface area (Å²) in [6.07, 6.45) is 5.86. The minimum atomic E-state index is -0.847. The molecule has 5 heteroatoms. The van der Waals surface area contributed by atoms with Crippen molar-refractivity contribution in [2.24, 2.45) is 7.05 Å². The standard InChI is InChI=1S/C18H18N2O3/c1-20-12-13(14-5-2-3-6-15(14)20)8-9-18(22)19-11-16(21)17-7-4-10-23-17/h2-10,12,16,21H,11H2,1H3,(H,19,22)/b9-8+. The van der Waals surface area contributed by atoms with Crippen LogP contribution < -0.4 is 5.32 Å². The molecule has 3 aromatic rings. The van der Waals surface area contributed by atoms with Gasteiger partial charge in [0.1, 0.15) is 11.9 Å². The molecule has 2 aromatic heterocycles. The van der Waals surface area contributed by atoms with Gasteiger partial charge in [0.15, 0.2) is 0 Å². The van der Waals surface area contributed by atoms with Crippen molar-refractivity contribution in [2.75, 3.05) is 6.54 Å². The van der Waals surface area contributed by atoms with E-state index >= 15 is 0 Å². The van der Waals surface area contributed by atoms with Gasteiger partial charge in [-0.3, -0.25) is 4.79 Å². The Morgan fingerprint density at radius 3 is 2.96 bits per heavy atom. The number of rotatable bonds is 5. The quantitative estimate of drug-likeness (QED) is 0.712.